The summed E-state index contributed by atoms with van der Waals surface area (Å²) in [5, 5.41) is 19.7. The number of hydrogen-bond donors (Lipinski definition) is 1. The second-order valence-corrected chi connectivity index (χ2v) is 7.92. The number of benzene rings is 1. The van der Waals surface area contributed by atoms with Crippen LogP contribution >= 0.6 is 0 Å². The first-order chi connectivity index (χ1) is 13.4. The fourth-order valence-electron chi connectivity index (χ4n) is 2.43. The van der Waals surface area contributed by atoms with Gasteiger partial charge in [-0.2, -0.15) is 9.30 Å². The van der Waals surface area contributed by atoms with E-state index < -0.39 is 15.9 Å². The van der Waals surface area contributed by atoms with Crippen molar-refractivity contribution in [2.45, 2.75) is 18.2 Å². The lowest BCUT2D eigenvalue weighted by Gasteiger charge is -2.18. The van der Waals surface area contributed by atoms with Gasteiger partial charge in [-0.1, -0.05) is 6.92 Å². The fourth-order valence-corrected chi connectivity index (χ4v) is 3.62. The Morgan fingerprint density at radius 2 is 2.00 bits per heavy atom. The standard InChI is InChI=1S/C16H18N6O5S/c1-3-8-27-12-5-4-10(28(25,26)22(2)6-7-23)9-11(12)14-17-15-13(16(24)18-14)19-21-20-15/h4-5,9,23H,3,6-8H2,1-2H3. The summed E-state index contributed by atoms with van der Waals surface area (Å²) in [4.78, 5) is 20.1. The lowest BCUT2D eigenvalue weighted by Crippen LogP contribution is -2.30. The Hall–Kier alpha value is -2.83. The van der Waals surface area contributed by atoms with Crippen molar-refractivity contribution >= 4 is 33.3 Å². The molecule has 2 aliphatic heterocycles. The van der Waals surface area contributed by atoms with Gasteiger partial charge in [-0.15, -0.1) is 10.2 Å². The largest absolute Gasteiger partial charge is 0.493 e. The van der Waals surface area contributed by atoms with Crippen molar-refractivity contribution in [3.63, 3.8) is 0 Å². The minimum absolute atomic E-state index is 0.0158. The van der Waals surface area contributed by atoms with Crippen LogP contribution in [0.4, 0.5) is 0 Å². The molecule has 0 saturated heterocycles. The first-order valence-electron chi connectivity index (χ1n) is 8.43. The summed E-state index contributed by atoms with van der Waals surface area (Å²) in [5.41, 5.74) is 0.167. The maximum Gasteiger partial charge on any atom is 0.303 e. The van der Waals surface area contributed by atoms with Gasteiger partial charge in [0.2, 0.25) is 21.6 Å². The number of ether oxygens (including phenoxy) is 1. The van der Waals surface area contributed by atoms with Gasteiger partial charge in [0.15, 0.2) is 5.84 Å². The summed E-state index contributed by atoms with van der Waals surface area (Å²) in [6.45, 7) is 1.93. The quantitative estimate of drug-likeness (QED) is 0.671. The molecule has 0 aliphatic carbocycles. The highest BCUT2D eigenvalue weighted by atomic mass is 32.2. The third-order valence-electron chi connectivity index (χ3n) is 3.89. The van der Waals surface area contributed by atoms with Gasteiger partial charge in [-0.05, 0) is 29.8 Å². The van der Waals surface area contributed by atoms with Crippen LogP contribution in [0.15, 0.2) is 48.5 Å². The third-order valence-corrected chi connectivity index (χ3v) is 5.75. The monoisotopic (exact) mass is 406 g/mol. The highest BCUT2D eigenvalue weighted by Crippen LogP contribution is 2.27. The molecule has 0 fully saturated rings. The summed E-state index contributed by atoms with van der Waals surface area (Å²) in [6.07, 6.45) is 0.726. The van der Waals surface area contributed by atoms with E-state index in [9.17, 15) is 13.2 Å². The van der Waals surface area contributed by atoms with Gasteiger partial charge in [0.25, 0.3) is 0 Å². The highest BCUT2D eigenvalue weighted by Gasteiger charge is 2.30. The van der Waals surface area contributed by atoms with E-state index in [0.29, 0.717) is 12.4 Å². The molecule has 1 N–H and O–H groups in total. The Balaban J connectivity index is 2.09. The number of rotatable bonds is 8. The van der Waals surface area contributed by atoms with E-state index in [2.05, 4.69) is 25.4 Å². The molecule has 2 aliphatic rings. The topological polar surface area (TPSA) is 146 Å². The molecule has 1 aromatic rings. The molecule has 0 bridgehead atoms. The molecule has 0 spiro atoms. The number of amides is 1. The van der Waals surface area contributed by atoms with Crippen LogP contribution in [0.25, 0.3) is 0 Å². The Morgan fingerprint density at radius 1 is 1.21 bits per heavy atom. The molecule has 0 atom stereocenters. The number of sulfonamides is 1. The molecule has 3 rings (SSSR count). The molecular weight excluding hydrogens is 388 g/mol. The number of nitrogens with zero attached hydrogens (tertiary/aromatic N) is 6. The lowest BCUT2D eigenvalue weighted by atomic mass is 10.1. The molecular formula is C16H18N6O5S. The maximum atomic E-state index is 12.7. The fraction of sp³-hybridized carbons (Fsp3) is 0.375. The average Bonchev–Trinajstić information content (AvgIpc) is 3.15. The number of aliphatic hydroxyl groups excluding tert-OH is 1. The predicted molar refractivity (Wildman–Crippen MR) is 100 cm³/mol. The smallest absolute Gasteiger partial charge is 0.303 e. The molecule has 12 heteroatoms. The Morgan fingerprint density at radius 3 is 2.71 bits per heavy atom. The number of amidine groups is 2. The zero-order valence-corrected chi connectivity index (χ0v) is 16.0. The zero-order valence-electron chi connectivity index (χ0n) is 15.2. The molecule has 11 nitrogen and oxygen atoms in total. The van der Waals surface area contributed by atoms with E-state index in [4.69, 9.17) is 9.84 Å². The van der Waals surface area contributed by atoms with Gasteiger partial charge in [0, 0.05) is 13.6 Å². The van der Waals surface area contributed by atoms with E-state index in [0.717, 1.165) is 10.7 Å². The average molecular weight is 406 g/mol. The minimum Gasteiger partial charge on any atom is -0.493 e. The number of fused-ring (bicyclic) bond motifs is 1. The van der Waals surface area contributed by atoms with Crippen LogP contribution in [0.1, 0.15) is 18.9 Å². The van der Waals surface area contributed by atoms with E-state index in [1.54, 1.807) is 0 Å². The summed E-state index contributed by atoms with van der Waals surface area (Å²) in [5.74, 6) is -0.358. The van der Waals surface area contributed by atoms with E-state index in [-0.39, 0.29) is 41.0 Å². The Kier molecular flexibility index (Phi) is 5.72. The van der Waals surface area contributed by atoms with Crippen LogP contribution < -0.4 is 4.74 Å². The zero-order chi connectivity index (χ0) is 20.3. The number of aliphatic imine (C=N–C) groups is 2. The van der Waals surface area contributed by atoms with E-state index in [1.165, 1.54) is 25.2 Å². The van der Waals surface area contributed by atoms with Gasteiger partial charge in [0.1, 0.15) is 5.75 Å². The first kappa shape index (κ1) is 19.9. The molecule has 1 aromatic carbocycles. The number of likely N-dealkylation sites (N-methyl/N-ethyl adjacent to an activating group) is 1. The third kappa shape index (κ3) is 3.74. The Labute approximate surface area is 161 Å². The SMILES string of the molecule is CCCOc1ccc(S(=O)(=O)N(C)CCO)cc1C1=NC(=O)C2=NN=NC2=N1. The minimum atomic E-state index is -3.87. The number of hydrogen-bond acceptors (Lipinski definition) is 9. The second kappa shape index (κ2) is 8.04. The van der Waals surface area contributed by atoms with Crippen molar-refractivity contribution in [3.05, 3.63) is 23.8 Å². The summed E-state index contributed by atoms with van der Waals surface area (Å²) in [6, 6.07) is 4.20. The van der Waals surface area contributed by atoms with Gasteiger partial charge >= 0.3 is 5.91 Å². The molecule has 1 amide bonds. The van der Waals surface area contributed by atoms with Crippen molar-refractivity contribution in [1.29, 1.82) is 0 Å². The molecule has 0 radical (unpaired) electrons. The van der Waals surface area contributed by atoms with Crippen molar-refractivity contribution in [3.8, 4) is 5.75 Å². The number of aliphatic hydroxyl groups is 1. The molecule has 0 aromatic heterocycles. The summed E-state index contributed by atoms with van der Waals surface area (Å²) >= 11 is 0. The molecule has 148 valence electrons. The highest BCUT2D eigenvalue weighted by molar-refractivity contribution is 7.89. The Bertz CT molecular complexity index is 1030. The molecule has 0 saturated carbocycles. The lowest BCUT2D eigenvalue weighted by molar-refractivity contribution is -0.111. The van der Waals surface area contributed by atoms with Gasteiger partial charge in [0.05, 0.1) is 23.7 Å². The van der Waals surface area contributed by atoms with Crippen LogP contribution in [0.2, 0.25) is 0 Å². The molecule has 2 heterocycles. The number of carbonyl (C=O) groups excluding carboxylic acids is 1. The van der Waals surface area contributed by atoms with Crippen molar-refractivity contribution in [1.82, 2.24) is 4.31 Å². The van der Waals surface area contributed by atoms with Crippen LogP contribution in [0.3, 0.4) is 0 Å². The van der Waals surface area contributed by atoms with Crippen LogP contribution in [-0.2, 0) is 14.8 Å². The summed E-state index contributed by atoms with van der Waals surface area (Å²) in [7, 11) is -2.51. The van der Waals surface area contributed by atoms with E-state index >= 15 is 0 Å². The second-order valence-electron chi connectivity index (χ2n) is 5.87. The molecule has 28 heavy (non-hydrogen) atoms. The van der Waals surface area contributed by atoms with Crippen molar-refractivity contribution in [2.75, 3.05) is 26.8 Å². The normalized spacial score (nSPS) is 16.0. The van der Waals surface area contributed by atoms with Gasteiger partial charge in [-0.25, -0.2) is 13.4 Å². The van der Waals surface area contributed by atoms with Gasteiger partial charge in [-0.3, -0.25) is 4.79 Å². The maximum absolute atomic E-state index is 12.7. The van der Waals surface area contributed by atoms with Crippen LogP contribution in [-0.4, -0.2) is 67.9 Å². The van der Waals surface area contributed by atoms with E-state index in [1.807, 2.05) is 6.92 Å². The summed E-state index contributed by atoms with van der Waals surface area (Å²) < 4.78 is 32.1. The van der Waals surface area contributed by atoms with Crippen molar-refractivity contribution in [2.24, 2.45) is 25.4 Å². The van der Waals surface area contributed by atoms with Crippen LogP contribution in [0, 0.1) is 0 Å². The van der Waals surface area contributed by atoms with Crippen molar-refractivity contribution < 1.29 is 23.1 Å². The first-order valence-corrected chi connectivity index (χ1v) is 9.87. The molecule has 0 unspecified atom stereocenters. The predicted octanol–water partition coefficient (Wildman–Crippen LogP) is 0.595. The number of carbonyl (C=O) groups is 1. The van der Waals surface area contributed by atoms with Crippen LogP contribution in [0.5, 0.6) is 5.75 Å². The van der Waals surface area contributed by atoms with Gasteiger partial charge < -0.3 is 9.84 Å².